The highest BCUT2D eigenvalue weighted by Crippen LogP contribution is 2.21. The summed E-state index contributed by atoms with van der Waals surface area (Å²) in [4.78, 5) is 26.3. The number of aromatic nitrogens is 1. The molecule has 0 radical (unpaired) electrons. The number of rotatable bonds is 5. The van der Waals surface area contributed by atoms with Gasteiger partial charge >= 0.3 is 0 Å². The molecule has 0 spiro atoms. The van der Waals surface area contributed by atoms with Gasteiger partial charge < -0.3 is 9.30 Å². The molecule has 4 nitrogen and oxygen atoms in total. The average molecular weight is 404 g/mol. The van der Waals surface area contributed by atoms with Gasteiger partial charge in [-0.1, -0.05) is 41.9 Å². The Morgan fingerprint density at radius 2 is 1.72 bits per heavy atom. The van der Waals surface area contributed by atoms with E-state index >= 15 is 0 Å². The normalized spacial score (nSPS) is 10.8. The molecule has 0 fully saturated rings. The van der Waals surface area contributed by atoms with Crippen LogP contribution in [0.15, 0.2) is 83.8 Å². The van der Waals surface area contributed by atoms with Crippen LogP contribution in [0.5, 0.6) is 5.75 Å². The number of carbonyl (C=O) groups is 1. The number of nitrogens with zero attached hydrogens (tertiary/aromatic N) is 1. The number of benzene rings is 3. The molecular formula is C24H18ClNO3. The van der Waals surface area contributed by atoms with Crippen molar-refractivity contribution < 1.29 is 9.53 Å². The standard InChI is InChI=1S/C24H18ClNO3/c1-29-19-11-12-22-20(13-19)24(28)21(23(27)17-7-9-18(25)10-8-17)15-26(22)14-16-5-3-2-4-6-16/h2-13,15H,14H2,1H3. The summed E-state index contributed by atoms with van der Waals surface area (Å²) in [6.07, 6.45) is 1.64. The Morgan fingerprint density at radius 3 is 2.41 bits per heavy atom. The lowest BCUT2D eigenvalue weighted by atomic mass is 10.0. The van der Waals surface area contributed by atoms with Gasteiger partial charge in [0.25, 0.3) is 0 Å². The molecule has 1 aromatic heterocycles. The van der Waals surface area contributed by atoms with Gasteiger partial charge in [-0.15, -0.1) is 0 Å². The monoisotopic (exact) mass is 403 g/mol. The van der Waals surface area contributed by atoms with Crippen molar-refractivity contribution in [3.05, 3.63) is 111 Å². The summed E-state index contributed by atoms with van der Waals surface area (Å²) in [5.74, 6) is 0.232. The van der Waals surface area contributed by atoms with Crippen LogP contribution in [-0.4, -0.2) is 17.5 Å². The van der Waals surface area contributed by atoms with Gasteiger partial charge in [0.15, 0.2) is 5.78 Å². The van der Waals surface area contributed by atoms with E-state index in [1.165, 1.54) is 0 Å². The van der Waals surface area contributed by atoms with E-state index < -0.39 is 0 Å². The molecule has 144 valence electrons. The lowest BCUT2D eigenvalue weighted by Crippen LogP contribution is -2.20. The molecule has 0 saturated heterocycles. The van der Waals surface area contributed by atoms with Crippen molar-refractivity contribution in [3.63, 3.8) is 0 Å². The van der Waals surface area contributed by atoms with Crippen LogP contribution in [0.1, 0.15) is 21.5 Å². The minimum absolute atomic E-state index is 0.115. The molecule has 0 bridgehead atoms. The highest BCUT2D eigenvalue weighted by molar-refractivity contribution is 6.30. The number of fused-ring (bicyclic) bond motifs is 1. The quantitative estimate of drug-likeness (QED) is 0.443. The Hall–Kier alpha value is -3.37. The Kier molecular flexibility index (Phi) is 5.19. The van der Waals surface area contributed by atoms with Gasteiger partial charge in [-0.25, -0.2) is 0 Å². The highest BCUT2D eigenvalue weighted by atomic mass is 35.5. The zero-order valence-electron chi connectivity index (χ0n) is 15.8. The van der Waals surface area contributed by atoms with Crippen molar-refractivity contribution in [2.75, 3.05) is 7.11 Å². The molecule has 29 heavy (non-hydrogen) atoms. The van der Waals surface area contributed by atoms with Gasteiger partial charge in [0, 0.05) is 23.3 Å². The molecule has 3 aromatic carbocycles. The molecule has 0 amide bonds. The van der Waals surface area contributed by atoms with Gasteiger partial charge in [0.05, 0.1) is 23.6 Å². The molecule has 0 atom stereocenters. The maximum atomic E-state index is 13.2. The van der Waals surface area contributed by atoms with E-state index in [2.05, 4.69) is 0 Å². The molecule has 0 N–H and O–H groups in total. The smallest absolute Gasteiger partial charge is 0.200 e. The molecule has 5 heteroatoms. The van der Waals surface area contributed by atoms with Crippen molar-refractivity contribution in [1.82, 2.24) is 4.57 Å². The van der Waals surface area contributed by atoms with Crippen LogP contribution in [0, 0.1) is 0 Å². The Bertz CT molecular complexity index is 1250. The third kappa shape index (κ3) is 3.80. The lowest BCUT2D eigenvalue weighted by molar-refractivity contribution is 0.103. The third-order valence-corrected chi connectivity index (χ3v) is 5.09. The number of pyridine rings is 1. The SMILES string of the molecule is COc1ccc2c(c1)c(=O)c(C(=O)c1ccc(Cl)cc1)cn2Cc1ccccc1. The molecule has 1 heterocycles. The van der Waals surface area contributed by atoms with E-state index in [1.807, 2.05) is 47.0 Å². The largest absolute Gasteiger partial charge is 0.497 e. The molecule has 4 rings (SSSR count). The summed E-state index contributed by atoms with van der Waals surface area (Å²) in [5, 5.41) is 0.978. The highest BCUT2D eigenvalue weighted by Gasteiger charge is 2.18. The number of ketones is 1. The fourth-order valence-electron chi connectivity index (χ4n) is 3.33. The van der Waals surface area contributed by atoms with Gasteiger partial charge in [-0.2, -0.15) is 0 Å². The summed E-state index contributed by atoms with van der Waals surface area (Å²) in [6.45, 7) is 0.533. The van der Waals surface area contributed by atoms with E-state index in [0.29, 0.717) is 28.3 Å². The minimum Gasteiger partial charge on any atom is -0.497 e. The van der Waals surface area contributed by atoms with Crippen molar-refractivity contribution in [2.45, 2.75) is 6.54 Å². The van der Waals surface area contributed by atoms with Crippen molar-refractivity contribution in [2.24, 2.45) is 0 Å². The summed E-state index contributed by atoms with van der Waals surface area (Å²) in [7, 11) is 1.55. The van der Waals surface area contributed by atoms with Gasteiger partial charge in [0.2, 0.25) is 5.43 Å². The maximum Gasteiger partial charge on any atom is 0.200 e. The number of halogens is 1. The van der Waals surface area contributed by atoms with Crippen LogP contribution >= 0.6 is 11.6 Å². The fraction of sp³-hybridized carbons (Fsp3) is 0.0833. The van der Waals surface area contributed by atoms with E-state index in [4.69, 9.17) is 16.3 Å². The first-order valence-corrected chi connectivity index (χ1v) is 9.50. The maximum absolute atomic E-state index is 13.2. The second-order valence-electron chi connectivity index (χ2n) is 6.70. The third-order valence-electron chi connectivity index (χ3n) is 4.83. The van der Waals surface area contributed by atoms with Crippen molar-refractivity contribution in [3.8, 4) is 5.75 Å². The zero-order valence-corrected chi connectivity index (χ0v) is 16.5. The van der Waals surface area contributed by atoms with Gasteiger partial charge in [-0.3, -0.25) is 9.59 Å². The van der Waals surface area contributed by atoms with Crippen LogP contribution < -0.4 is 10.2 Å². The summed E-state index contributed by atoms with van der Waals surface area (Å²) >= 11 is 5.93. The first kappa shape index (κ1) is 19.0. The van der Waals surface area contributed by atoms with Gasteiger partial charge in [0.1, 0.15) is 5.75 Å². The Morgan fingerprint density at radius 1 is 1.00 bits per heavy atom. The number of hydrogen-bond acceptors (Lipinski definition) is 3. The molecule has 0 saturated carbocycles. The molecule has 0 unspecified atom stereocenters. The summed E-state index contributed by atoms with van der Waals surface area (Å²) < 4.78 is 7.21. The predicted molar refractivity (Wildman–Crippen MR) is 115 cm³/mol. The van der Waals surface area contributed by atoms with E-state index in [9.17, 15) is 9.59 Å². The van der Waals surface area contributed by atoms with Crippen LogP contribution in [0.4, 0.5) is 0 Å². The summed E-state index contributed by atoms with van der Waals surface area (Å²) in [6, 6.07) is 21.8. The summed E-state index contributed by atoms with van der Waals surface area (Å²) in [5.41, 5.74) is 2.03. The molecule has 0 aliphatic rings. The Balaban J connectivity index is 1.91. The van der Waals surface area contributed by atoms with Crippen LogP contribution in [-0.2, 0) is 6.54 Å². The molecular weight excluding hydrogens is 386 g/mol. The molecule has 0 aliphatic carbocycles. The van der Waals surface area contributed by atoms with Crippen molar-refractivity contribution in [1.29, 1.82) is 0 Å². The second-order valence-corrected chi connectivity index (χ2v) is 7.14. The first-order chi connectivity index (χ1) is 14.1. The molecule has 4 aromatic rings. The fourth-order valence-corrected chi connectivity index (χ4v) is 3.46. The topological polar surface area (TPSA) is 48.3 Å². The second kappa shape index (κ2) is 7.94. The molecule has 0 aliphatic heterocycles. The number of hydrogen-bond donors (Lipinski definition) is 0. The van der Waals surface area contributed by atoms with E-state index in [1.54, 1.807) is 43.6 Å². The van der Waals surface area contributed by atoms with Crippen molar-refractivity contribution >= 4 is 28.3 Å². The van der Waals surface area contributed by atoms with Gasteiger partial charge in [-0.05, 0) is 48.0 Å². The zero-order chi connectivity index (χ0) is 20.4. The predicted octanol–water partition coefficient (Wildman–Crippen LogP) is 4.94. The van der Waals surface area contributed by atoms with Crippen LogP contribution in [0.3, 0.4) is 0 Å². The number of ether oxygens (including phenoxy) is 1. The minimum atomic E-state index is -0.335. The van der Waals surface area contributed by atoms with Crippen LogP contribution in [0.25, 0.3) is 10.9 Å². The van der Waals surface area contributed by atoms with Crippen LogP contribution in [0.2, 0.25) is 5.02 Å². The first-order valence-electron chi connectivity index (χ1n) is 9.12. The lowest BCUT2D eigenvalue weighted by Gasteiger charge is -2.14. The van der Waals surface area contributed by atoms with E-state index in [0.717, 1.165) is 11.1 Å². The Labute approximate surface area is 172 Å². The number of carbonyl (C=O) groups excluding carboxylic acids is 1. The average Bonchev–Trinajstić information content (AvgIpc) is 2.76. The van der Waals surface area contributed by atoms with E-state index in [-0.39, 0.29) is 16.8 Å². The number of methoxy groups -OCH3 is 1.